The molecule has 0 amide bonds. The summed E-state index contributed by atoms with van der Waals surface area (Å²) < 4.78 is 6.85. The third-order valence-electron chi connectivity index (χ3n) is 3.02. The van der Waals surface area contributed by atoms with Crippen molar-refractivity contribution in [1.29, 1.82) is 0 Å². The molecule has 114 valence electrons. The van der Waals surface area contributed by atoms with Crippen molar-refractivity contribution in [3.05, 3.63) is 17.5 Å². The van der Waals surface area contributed by atoms with Crippen molar-refractivity contribution in [3.8, 4) is 0 Å². The second-order valence-corrected chi connectivity index (χ2v) is 6.05. The van der Waals surface area contributed by atoms with E-state index < -0.39 is 0 Å². The van der Waals surface area contributed by atoms with Crippen LogP contribution in [-0.2, 0) is 11.8 Å². The zero-order valence-electron chi connectivity index (χ0n) is 13.4. The summed E-state index contributed by atoms with van der Waals surface area (Å²) in [6, 6.07) is 0. The number of anilines is 1. The molecule has 0 aliphatic carbocycles. The van der Waals surface area contributed by atoms with Gasteiger partial charge in [-0.2, -0.15) is 5.10 Å². The molecule has 1 N–H and O–H groups in total. The predicted molar refractivity (Wildman–Crippen MR) is 82.6 cm³/mol. The maximum absolute atomic E-state index is 12.2. The van der Waals surface area contributed by atoms with Gasteiger partial charge in [-0.05, 0) is 34.6 Å². The molecule has 6 nitrogen and oxygen atoms in total. The highest BCUT2D eigenvalue weighted by Gasteiger charge is 2.23. The topological polar surface area (TPSA) is 69.0 Å². The molecule has 0 aromatic carbocycles. The molecule has 21 heavy (non-hydrogen) atoms. The maximum atomic E-state index is 12.2. The third-order valence-corrected chi connectivity index (χ3v) is 3.02. The molecule has 2 aromatic heterocycles. The van der Waals surface area contributed by atoms with E-state index in [1.165, 1.54) is 0 Å². The number of aromatic nitrogens is 3. The Morgan fingerprint density at radius 3 is 2.67 bits per heavy atom. The largest absolute Gasteiger partial charge is 0.462 e. The SMILES string of the molecule is CCOC(=O)c1cnc2c(c(C)nn2C)c1NC(C)(C)C. The van der Waals surface area contributed by atoms with E-state index in [-0.39, 0.29) is 11.5 Å². The van der Waals surface area contributed by atoms with Crippen LogP contribution in [0.1, 0.15) is 43.7 Å². The molecule has 0 bridgehead atoms. The molecule has 2 rings (SSSR count). The lowest BCUT2D eigenvalue weighted by atomic mass is 10.0. The number of nitrogens with zero attached hydrogens (tertiary/aromatic N) is 3. The minimum atomic E-state index is -0.373. The molecular weight excluding hydrogens is 268 g/mol. The van der Waals surface area contributed by atoms with Gasteiger partial charge in [-0.15, -0.1) is 0 Å². The fourth-order valence-corrected chi connectivity index (χ4v) is 2.28. The Morgan fingerprint density at radius 1 is 1.43 bits per heavy atom. The first-order valence-electron chi connectivity index (χ1n) is 7.02. The molecule has 2 heterocycles. The third kappa shape index (κ3) is 2.99. The molecule has 6 heteroatoms. The van der Waals surface area contributed by atoms with E-state index in [1.807, 2.05) is 34.7 Å². The quantitative estimate of drug-likeness (QED) is 0.880. The van der Waals surface area contributed by atoms with Crippen molar-refractivity contribution in [2.24, 2.45) is 7.05 Å². The lowest BCUT2D eigenvalue weighted by Gasteiger charge is -2.24. The van der Waals surface area contributed by atoms with Crippen LogP contribution >= 0.6 is 0 Å². The number of carbonyl (C=O) groups is 1. The van der Waals surface area contributed by atoms with Crippen molar-refractivity contribution in [3.63, 3.8) is 0 Å². The number of nitrogens with one attached hydrogen (secondary N) is 1. The Balaban J connectivity index is 2.71. The van der Waals surface area contributed by atoms with Gasteiger partial charge in [0, 0.05) is 18.8 Å². The van der Waals surface area contributed by atoms with E-state index >= 15 is 0 Å². The van der Waals surface area contributed by atoms with Crippen molar-refractivity contribution < 1.29 is 9.53 Å². The number of carbonyl (C=O) groups excluding carboxylic acids is 1. The van der Waals surface area contributed by atoms with E-state index in [4.69, 9.17) is 4.74 Å². The number of fused-ring (bicyclic) bond motifs is 1. The van der Waals surface area contributed by atoms with Crippen molar-refractivity contribution in [2.75, 3.05) is 11.9 Å². The molecule has 0 radical (unpaired) electrons. The first kappa shape index (κ1) is 15.3. The van der Waals surface area contributed by atoms with Gasteiger partial charge < -0.3 is 10.1 Å². The van der Waals surface area contributed by atoms with Gasteiger partial charge in [-0.3, -0.25) is 4.68 Å². The predicted octanol–water partition coefficient (Wildman–Crippen LogP) is 2.66. The summed E-state index contributed by atoms with van der Waals surface area (Å²) in [4.78, 5) is 16.5. The van der Waals surface area contributed by atoms with Crippen molar-refractivity contribution >= 4 is 22.7 Å². The van der Waals surface area contributed by atoms with Crippen LogP contribution in [0, 0.1) is 6.92 Å². The highest BCUT2D eigenvalue weighted by atomic mass is 16.5. The van der Waals surface area contributed by atoms with E-state index in [9.17, 15) is 4.79 Å². The Labute approximate surface area is 124 Å². The average Bonchev–Trinajstić information content (AvgIpc) is 2.64. The molecule has 2 aromatic rings. The van der Waals surface area contributed by atoms with Gasteiger partial charge in [0.1, 0.15) is 5.56 Å². The molecular formula is C15H22N4O2. The Morgan fingerprint density at radius 2 is 2.10 bits per heavy atom. The van der Waals surface area contributed by atoms with Crippen LogP contribution in [0.4, 0.5) is 5.69 Å². The summed E-state index contributed by atoms with van der Waals surface area (Å²) in [6.45, 7) is 10.2. The lowest BCUT2D eigenvalue weighted by molar-refractivity contribution is 0.0527. The molecule has 0 aliphatic rings. The molecule has 0 atom stereocenters. The second-order valence-electron chi connectivity index (χ2n) is 6.05. The standard InChI is InChI=1S/C15H22N4O2/c1-7-21-14(20)10-8-16-13-11(9(2)18-19(13)6)12(10)17-15(3,4)5/h8H,7H2,1-6H3,(H,16,17). The van der Waals surface area contributed by atoms with Crippen LogP contribution in [0.3, 0.4) is 0 Å². The summed E-state index contributed by atoms with van der Waals surface area (Å²) in [5.74, 6) is -0.373. The Bertz CT molecular complexity index is 683. The number of esters is 1. The van der Waals surface area contributed by atoms with Gasteiger partial charge in [0.15, 0.2) is 5.65 Å². The average molecular weight is 290 g/mol. The lowest BCUT2D eigenvalue weighted by Crippen LogP contribution is -2.28. The van der Waals surface area contributed by atoms with Crippen LogP contribution in [0.15, 0.2) is 6.20 Å². The zero-order chi connectivity index (χ0) is 15.8. The number of pyridine rings is 1. The van der Waals surface area contributed by atoms with Crippen LogP contribution in [0.2, 0.25) is 0 Å². The maximum Gasteiger partial charge on any atom is 0.341 e. The Hall–Kier alpha value is -2.11. The summed E-state index contributed by atoms with van der Waals surface area (Å²) in [7, 11) is 1.84. The van der Waals surface area contributed by atoms with E-state index in [1.54, 1.807) is 17.8 Å². The van der Waals surface area contributed by atoms with Gasteiger partial charge >= 0.3 is 5.97 Å². The van der Waals surface area contributed by atoms with Crippen molar-refractivity contribution in [1.82, 2.24) is 14.8 Å². The summed E-state index contributed by atoms with van der Waals surface area (Å²) in [5.41, 5.74) is 2.55. The second kappa shape index (κ2) is 5.35. The van der Waals surface area contributed by atoms with E-state index in [2.05, 4.69) is 15.4 Å². The van der Waals surface area contributed by atoms with Gasteiger partial charge in [-0.1, -0.05) is 0 Å². The van der Waals surface area contributed by atoms with E-state index in [0.29, 0.717) is 12.2 Å². The molecule has 0 saturated heterocycles. The highest BCUT2D eigenvalue weighted by Crippen LogP contribution is 2.31. The summed E-state index contributed by atoms with van der Waals surface area (Å²) >= 11 is 0. The molecule has 0 aliphatic heterocycles. The highest BCUT2D eigenvalue weighted by molar-refractivity contribution is 6.05. The summed E-state index contributed by atoms with van der Waals surface area (Å²) in [5, 5.41) is 8.64. The fourth-order valence-electron chi connectivity index (χ4n) is 2.28. The van der Waals surface area contributed by atoms with Gasteiger partial charge in [-0.25, -0.2) is 9.78 Å². The number of ether oxygens (including phenoxy) is 1. The normalized spacial score (nSPS) is 11.7. The molecule has 0 fully saturated rings. The number of hydrogen-bond acceptors (Lipinski definition) is 5. The number of hydrogen-bond donors (Lipinski definition) is 1. The van der Waals surface area contributed by atoms with Crippen LogP contribution < -0.4 is 5.32 Å². The Kier molecular flexibility index (Phi) is 3.89. The van der Waals surface area contributed by atoms with E-state index in [0.717, 1.165) is 22.4 Å². The number of rotatable bonds is 3. The van der Waals surface area contributed by atoms with Crippen LogP contribution in [0.25, 0.3) is 11.0 Å². The molecule has 0 unspecified atom stereocenters. The molecule has 0 spiro atoms. The molecule has 0 saturated carbocycles. The number of aryl methyl sites for hydroxylation is 2. The minimum Gasteiger partial charge on any atom is -0.462 e. The smallest absolute Gasteiger partial charge is 0.341 e. The monoisotopic (exact) mass is 290 g/mol. The summed E-state index contributed by atoms with van der Waals surface area (Å²) in [6.07, 6.45) is 1.55. The first-order chi connectivity index (χ1) is 9.74. The first-order valence-corrected chi connectivity index (χ1v) is 7.02. The van der Waals surface area contributed by atoms with Gasteiger partial charge in [0.2, 0.25) is 0 Å². The van der Waals surface area contributed by atoms with Crippen molar-refractivity contribution in [2.45, 2.75) is 40.2 Å². The fraction of sp³-hybridized carbons (Fsp3) is 0.533. The van der Waals surface area contributed by atoms with Crippen LogP contribution in [0.5, 0.6) is 0 Å². The van der Waals surface area contributed by atoms with Gasteiger partial charge in [0.05, 0.1) is 23.4 Å². The zero-order valence-corrected chi connectivity index (χ0v) is 13.4. The van der Waals surface area contributed by atoms with Crippen LogP contribution in [-0.4, -0.2) is 32.9 Å². The minimum absolute atomic E-state index is 0.197. The van der Waals surface area contributed by atoms with Gasteiger partial charge in [0.25, 0.3) is 0 Å².